The maximum absolute atomic E-state index is 13.3. The number of aldehydes is 1. The van der Waals surface area contributed by atoms with Crippen LogP contribution in [-0.2, 0) is 0 Å². The van der Waals surface area contributed by atoms with Gasteiger partial charge in [0.15, 0.2) is 6.29 Å². The molecule has 0 saturated heterocycles. The molecule has 1 heterocycles. The zero-order chi connectivity index (χ0) is 14.1. The Bertz CT molecular complexity index is 625. The van der Waals surface area contributed by atoms with Crippen LogP contribution in [0, 0.1) is 11.6 Å². The molecule has 0 unspecified atom stereocenters. The van der Waals surface area contributed by atoms with Gasteiger partial charge in [-0.1, -0.05) is 12.8 Å². The van der Waals surface area contributed by atoms with Gasteiger partial charge in [0.05, 0.1) is 11.6 Å². The minimum absolute atomic E-state index is 0.279. The highest BCUT2D eigenvalue weighted by Crippen LogP contribution is 2.31. The first-order valence-electron chi connectivity index (χ1n) is 6.68. The lowest BCUT2D eigenvalue weighted by Crippen LogP contribution is -2.05. The van der Waals surface area contributed by atoms with Crippen LogP contribution in [0.25, 0.3) is 11.3 Å². The summed E-state index contributed by atoms with van der Waals surface area (Å²) >= 11 is 0. The lowest BCUT2D eigenvalue weighted by Gasteiger charge is -2.08. The molecule has 20 heavy (non-hydrogen) atoms. The molecule has 0 N–H and O–H groups in total. The molecule has 1 aliphatic carbocycles. The largest absolute Gasteiger partial charge is 0.298 e. The number of hydrogen-bond acceptors (Lipinski definition) is 2. The number of rotatable bonds is 3. The Morgan fingerprint density at radius 2 is 1.80 bits per heavy atom. The summed E-state index contributed by atoms with van der Waals surface area (Å²) in [6, 6.07) is 3.47. The number of benzene rings is 1. The second-order valence-electron chi connectivity index (χ2n) is 5.13. The summed E-state index contributed by atoms with van der Waals surface area (Å²) in [5.41, 5.74) is 0.994. The molecule has 0 spiro atoms. The SMILES string of the molecule is O=Cc1cn(C2CCCC2)nc1-c1cc(F)cc(F)c1. The van der Waals surface area contributed by atoms with Crippen LogP contribution in [0.4, 0.5) is 8.78 Å². The van der Waals surface area contributed by atoms with Crippen molar-refractivity contribution in [2.75, 3.05) is 0 Å². The molecule has 5 heteroatoms. The van der Waals surface area contributed by atoms with Gasteiger partial charge in [0.25, 0.3) is 0 Å². The first kappa shape index (κ1) is 13.0. The molecule has 1 aliphatic rings. The highest BCUT2D eigenvalue weighted by molar-refractivity contribution is 5.85. The topological polar surface area (TPSA) is 34.9 Å². The molecule has 3 rings (SSSR count). The number of hydrogen-bond donors (Lipinski definition) is 0. The van der Waals surface area contributed by atoms with Crippen molar-refractivity contribution in [3.05, 3.63) is 41.6 Å². The van der Waals surface area contributed by atoms with Crippen LogP contribution < -0.4 is 0 Å². The van der Waals surface area contributed by atoms with E-state index in [9.17, 15) is 13.6 Å². The molecular weight excluding hydrogens is 262 g/mol. The molecular formula is C15H14F2N2O. The van der Waals surface area contributed by atoms with Crippen molar-refractivity contribution >= 4 is 6.29 Å². The zero-order valence-electron chi connectivity index (χ0n) is 10.9. The van der Waals surface area contributed by atoms with Gasteiger partial charge in [-0.05, 0) is 25.0 Å². The third-order valence-electron chi connectivity index (χ3n) is 3.72. The molecule has 0 radical (unpaired) electrons. The van der Waals surface area contributed by atoms with E-state index in [2.05, 4.69) is 5.10 Å². The molecule has 1 aromatic carbocycles. The van der Waals surface area contributed by atoms with E-state index in [4.69, 9.17) is 0 Å². The fourth-order valence-corrected chi connectivity index (χ4v) is 2.76. The standard InChI is InChI=1S/C15H14F2N2O/c16-12-5-10(6-13(17)7-12)15-11(9-20)8-19(18-15)14-3-1-2-4-14/h5-9,14H,1-4H2. The Morgan fingerprint density at radius 1 is 1.15 bits per heavy atom. The van der Waals surface area contributed by atoms with Gasteiger partial charge >= 0.3 is 0 Å². The molecule has 1 aromatic heterocycles. The molecule has 3 nitrogen and oxygen atoms in total. The summed E-state index contributed by atoms with van der Waals surface area (Å²) in [4.78, 5) is 11.2. The Hall–Kier alpha value is -2.04. The smallest absolute Gasteiger partial charge is 0.153 e. The lowest BCUT2D eigenvalue weighted by molar-refractivity contribution is 0.112. The Morgan fingerprint density at radius 3 is 2.40 bits per heavy atom. The highest BCUT2D eigenvalue weighted by atomic mass is 19.1. The summed E-state index contributed by atoms with van der Waals surface area (Å²) in [6.07, 6.45) is 6.68. The molecule has 2 aromatic rings. The van der Waals surface area contributed by atoms with Crippen LogP contribution in [-0.4, -0.2) is 16.1 Å². The van der Waals surface area contributed by atoms with Gasteiger partial charge < -0.3 is 0 Å². The van der Waals surface area contributed by atoms with E-state index in [1.807, 2.05) is 0 Å². The first-order chi connectivity index (χ1) is 9.67. The second kappa shape index (κ2) is 5.15. The average molecular weight is 276 g/mol. The minimum Gasteiger partial charge on any atom is -0.298 e. The van der Waals surface area contributed by atoms with Crippen LogP contribution >= 0.6 is 0 Å². The van der Waals surface area contributed by atoms with Crippen molar-refractivity contribution < 1.29 is 13.6 Å². The van der Waals surface area contributed by atoms with E-state index < -0.39 is 11.6 Å². The van der Waals surface area contributed by atoms with E-state index in [-0.39, 0.29) is 6.04 Å². The van der Waals surface area contributed by atoms with Crippen molar-refractivity contribution in [2.24, 2.45) is 0 Å². The predicted octanol–water partition coefficient (Wildman–Crippen LogP) is 3.76. The highest BCUT2D eigenvalue weighted by Gasteiger charge is 2.20. The van der Waals surface area contributed by atoms with Crippen LogP contribution in [0.15, 0.2) is 24.4 Å². The van der Waals surface area contributed by atoms with E-state index in [0.29, 0.717) is 23.1 Å². The molecule has 1 saturated carbocycles. The molecule has 1 fully saturated rings. The predicted molar refractivity (Wildman–Crippen MR) is 70.5 cm³/mol. The van der Waals surface area contributed by atoms with Gasteiger partial charge in [0.1, 0.15) is 17.3 Å². The third-order valence-corrected chi connectivity index (χ3v) is 3.72. The molecule has 0 aliphatic heterocycles. The molecule has 0 amide bonds. The van der Waals surface area contributed by atoms with Gasteiger partial charge in [-0.15, -0.1) is 0 Å². The van der Waals surface area contributed by atoms with Crippen molar-refractivity contribution in [3.63, 3.8) is 0 Å². The number of nitrogens with zero attached hydrogens (tertiary/aromatic N) is 2. The summed E-state index contributed by atoms with van der Waals surface area (Å²) in [5.74, 6) is -1.35. The average Bonchev–Trinajstić information content (AvgIpc) is 3.06. The lowest BCUT2D eigenvalue weighted by atomic mass is 10.1. The fraction of sp³-hybridized carbons (Fsp3) is 0.333. The van der Waals surface area contributed by atoms with Gasteiger partial charge in [-0.2, -0.15) is 5.10 Å². The van der Waals surface area contributed by atoms with Crippen LogP contribution in [0.2, 0.25) is 0 Å². The van der Waals surface area contributed by atoms with Gasteiger partial charge in [-0.25, -0.2) is 8.78 Å². The van der Waals surface area contributed by atoms with E-state index in [1.165, 1.54) is 12.1 Å². The fourth-order valence-electron chi connectivity index (χ4n) is 2.76. The third kappa shape index (κ3) is 2.35. The van der Waals surface area contributed by atoms with Crippen molar-refractivity contribution in [1.82, 2.24) is 9.78 Å². The number of carbonyl (C=O) groups is 1. The Balaban J connectivity index is 2.05. The quantitative estimate of drug-likeness (QED) is 0.800. The van der Waals surface area contributed by atoms with Crippen LogP contribution in [0.3, 0.4) is 0 Å². The van der Waals surface area contributed by atoms with Crippen molar-refractivity contribution in [1.29, 1.82) is 0 Å². The van der Waals surface area contributed by atoms with Gasteiger partial charge in [0, 0.05) is 17.8 Å². The molecule has 0 atom stereocenters. The summed E-state index contributed by atoms with van der Waals surface area (Å²) in [5, 5.41) is 4.37. The van der Waals surface area contributed by atoms with Crippen LogP contribution in [0.5, 0.6) is 0 Å². The van der Waals surface area contributed by atoms with Crippen molar-refractivity contribution in [2.45, 2.75) is 31.7 Å². The van der Waals surface area contributed by atoms with E-state index >= 15 is 0 Å². The molecule has 104 valence electrons. The number of aromatic nitrogens is 2. The first-order valence-corrected chi connectivity index (χ1v) is 6.68. The van der Waals surface area contributed by atoms with Crippen molar-refractivity contribution in [3.8, 4) is 11.3 Å². The summed E-state index contributed by atoms with van der Waals surface area (Å²) < 4.78 is 28.3. The van der Waals surface area contributed by atoms with Gasteiger partial charge in [0.2, 0.25) is 0 Å². The van der Waals surface area contributed by atoms with Gasteiger partial charge in [-0.3, -0.25) is 9.48 Å². The second-order valence-corrected chi connectivity index (χ2v) is 5.13. The maximum atomic E-state index is 13.3. The molecule has 0 bridgehead atoms. The zero-order valence-corrected chi connectivity index (χ0v) is 10.9. The Kier molecular flexibility index (Phi) is 3.34. The maximum Gasteiger partial charge on any atom is 0.153 e. The van der Waals surface area contributed by atoms with E-state index in [1.54, 1.807) is 10.9 Å². The number of halogens is 2. The van der Waals surface area contributed by atoms with E-state index in [0.717, 1.165) is 31.7 Å². The summed E-state index contributed by atoms with van der Waals surface area (Å²) in [6.45, 7) is 0. The Labute approximate surface area is 115 Å². The number of carbonyl (C=O) groups excluding carboxylic acids is 1. The van der Waals surface area contributed by atoms with Crippen LogP contribution in [0.1, 0.15) is 42.1 Å². The minimum atomic E-state index is -0.674. The normalized spacial score (nSPS) is 15.7. The summed E-state index contributed by atoms with van der Waals surface area (Å²) in [7, 11) is 0. The monoisotopic (exact) mass is 276 g/mol.